The highest BCUT2D eigenvalue weighted by molar-refractivity contribution is 5.97. The summed E-state index contributed by atoms with van der Waals surface area (Å²) in [5, 5.41) is 25.8. The molecule has 7 N–H and O–H groups in total. The summed E-state index contributed by atoms with van der Waals surface area (Å²) in [4.78, 5) is 80.7. The minimum absolute atomic E-state index is 0.0145. The first-order valence-electron chi connectivity index (χ1n) is 16.4. The van der Waals surface area contributed by atoms with E-state index in [1.54, 1.807) is 19.1 Å². The summed E-state index contributed by atoms with van der Waals surface area (Å²) in [6.45, 7) is 8.39. The first-order chi connectivity index (χ1) is 22.8. The SMILES string of the molecule is CCC(C)C1NC(=O)CNC(=O)C(C)NC(=O)C(Cc2ccc(O)cc2)NC(=O)C(CC(C)C)NC(=O)C(Cc2ccccc2)NC1=O. The Kier molecular flexibility index (Phi) is 13.9. The van der Waals surface area contributed by atoms with Crippen molar-refractivity contribution in [1.29, 1.82) is 0 Å². The average molecular weight is 665 g/mol. The van der Waals surface area contributed by atoms with Gasteiger partial charge < -0.3 is 37.0 Å². The van der Waals surface area contributed by atoms with Crippen LogP contribution in [-0.2, 0) is 41.6 Å². The molecule has 1 aliphatic rings. The van der Waals surface area contributed by atoms with Crippen LogP contribution >= 0.6 is 0 Å². The Morgan fingerprint density at radius 3 is 1.77 bits per heavy atom. The molecule has 1 heterocycles. The van der Waals surface area contributed by atoms with Crippen molar-refractivity contribution in [2.75, 3.05) is 6.54 Å². The van der Waals surface area contributed by atoms with E-state index in [2.05, 4.69) is 31.9 Å². The van der Waals surface area contributed by atoms with Crippen molar-refractivity contribution < 1.29 is 33.9 Å². The summed E-state index contributed by atoms with van der Waals surface area (Å²) >= 11 is 0. The summed E-state index contributed by atoms with van der Waals surface area (Å²) in [6, 6.07) is 9.73. The highest BCUT2D eigenvalue weighted by atomic mass is 16.3. The lowest BCUT2D eigenvalue weighted by Gasteiger charge is -2.29. The number of rotatable bonds is 8. The number of carbonyl (C=O) groups is 6. The highest BCUT2D eigenvalue weighted by Gasteiger charge is 2.34. The number of hydrogen-bond acceptors (Lipinski definition) is 7. The molecule has 0 aliphatic carbocycles. The molecule has 13 heteroatoms. The van der Waals surface area contributed by atoms with Crippen molar-refractivity contribution in [1.82, 2.24) is 31.9 Å². The topological polar surface area (TPSA) is 195 Å². The standard InChI is InChI=1S/C35H48N6O7/c1-6-21(4)30-35(48)40-28(17-23-10-8-7-9-11-23)34(47)38-26(16-20(2)3)33(46)39-27(18-24-12-14-25(42)15-13-24)32(45)37-22(5)31(44)36-19-29(43)41-30/h7-15,20-22,26-28,30,42H,6,16-19H2,1-5H3,(H,36,44)(H,37,45)(H,38,47)(H,39,46)(H,40,48)(H,41,43). The first kappa shape index (κ1) is 37.5. The zero-order valence-corrected chi connectivity index (χ0v) is 28.2. The van der Waals surface area contributed by atoms with Crippen LogP contribution in [0.1, 0.15) is 58.6 Å². The lowest BCUT2D eigenvalue weighted by atomic mass is 9.96. The molecule has 0 saturated carbocycles. The van der Waals surface area contributed by atoms with Crippen molar-refractivity contribution in [3.05, 3.63) is 65.7 Å². The molecule has 0 spiro atoms. The van der Waals surface area contributed by atoms with Gasteiger partial charge in [-0.2, -0.15) is 0 Å². The van der Waals surface area contributed by atoms with Crippen molar-refractivity contribution in [3.8, 4) is 5.75 Å². The van der Waals surface area contributed by atoms with Gasteiger partial charge in [-0.15, -0.1) is 0 Å². The second kappa shape index (κ2) is 17.8. The molecule has 0 aromatic heterocycles. The molecule has 1 aliphatic heterocycles. The molecule has 48 heavy (non-hydrogen) atoms. The molecule has 0 radical (unpaired) electrons. The van der Waals surface area contributed by atoms with Gasteiger partial charge in [-0.25, -0.2) is 0 Å². The predicted octanol–water partition coefficient (Wildman–Crippen LogP) is 0.843. The van der Waals surface area contributed by atoms with Crippen LogP contribution in [0.4, 0.5) is 0 Å². The Morgan fingerprint density at radius 2 is 1.19 bits per heavy atom. The molecule has 260 valence electrons. The monoisotopic (exact) mass is 664 g/mol. The average Bonchev–Trinajstić information content (AvgIpc) is 3.05. The molecular formula is C35H48N6O7. The van der Waals surface area contributed by atoms with Crippen molar-refractivity contribution in [3.63, 3.8) is 0 Å². The van der Waals surface area contributed by atoms with Crippen molar-refractivity contribution in [2.45, 2.75) is 90.5 Å². The van der Waals surface area contributed by atoms with Gasteiger partial charge >= 0.3 is 0 Å². The number of phenols is 1. The van der Waals surface area contributed by atoms with Crippen molar-refractivity contribution in [2.24, 2.45) is 11.8 Å². The Morgan fingerprint density at radius 1 is 0.667 bits per heavy atom. The number of hydrogen-bond donors (Lipinski definition) is 7. The molecule has 0 bridgehead atoms. The molecule has 6 amide bonds. The van der Waals surface area contributed by atoms with Crippen LogP contribution in [-0.4, -0.2) is 77.3 Å². The number of carbonyl (C=O) groups excluding carboxylic acids is 6. The second-order valence-electron chi connectivity index (χ2n) is 12.8. The summed E-state index contributed by atoms with van der Waals surface area (Å²) in [5.74, 6) is -4.08. The van der Waals surface area contributed by atoms with Crippen LogP contribution in [0.2, 0.25) is 0 Å². The number of benzene rings is 2. The Labute approximate surface area is 281 Å². The lowest BCUT2D eigenvalue weighted by molar-refractivity contribution is -0.136. The van der Waals surface area contributed by atoms with E-state index in [4.69, 9.17) is 0 Å². The number of phenolic OH excluding ortho intramolecular Hbond substituents is 1. The zero-order valence-electron chi connectivity index (χ0n) is 28.2. The van der Waals surface area contributed by atoms with E-state index >= 15 is 0 Å². The number of nitrogens with one attached hydrogen (secondary N) is 6. The van der Waals surface area contributed by atoms with E-state index in [-0.39, 0.29) is 36.8 Å². The minimum atomic E-state index is -1.16. The van der Waals surface area contributed by atoms with Gasteiger partial charge in [0.25, 0.3) is 0 Å². The quantitative estimate of drug-likeness (QED) is 0.217. The van der Waals surface area contributed by atoms with Gasteiger partial charge in [0.1, 0.15) is 36.0 Å². The van der Waals surface area contributed by atoms with E-state index in [0.717, 1.165) is 5.56 Å². The molecule has 6 unspecified atom stereocenters. The van der Waals surface area contributed by atoms with Gasteiger partial charge in [0.2, 0.25) is 35.4 Å². The van der Waals surface area contributed by atoms with Crippen LogP contribution < -0.4 is 31.9 Å². The molecule has 1 saturated heterocycles. The second-order valence-corrected chi connectivity index (χ2v) is 12.8. The fourth-order valence-electron chi connectivity index (χ4n) is 5.27. The molecule has 6 atom stereocenters. The first-order valence-corrected chi connectivity index (χ1v) is 16.4. The van der Waals surface area contributed by atoms with Crippen LogP contribution in [0.25, 0.3) is 0 Å². The summed E-state index contributed by atoms with van der Waals surface area (Å²) in [7, 11) is 0. The van der Waals surface area contributed by atoms with E-state index < -0.39 is 72.2 Å². The van der Waals surface area contributed by atoms with Crippen LogP contribution in [0.5, 0.6) is 5.75 Å². The summed E-state index contributed by atoms with van der Waals surface area (Å²) < 4.78 is 0. The largest absolute Gasteiger partial charge is 0.508 e. The number of aromatic hydroxyl groups is 1. The molecule has 2 aromatic rings. The lowest BCUT2D eigenvalue weighted by Crippen LogP contribution is -2.61. The van der Waals surface area contributed by atoms with Crippen LogP contribution in [0.15, 0.2) is 54.6 Å². The van der Waals surface area contributed by atoms with Gasteiger partial charge in [-0.05, 0) is 48.4 Å². The maximum Gasteiger partial charge on any atom is 0.243 e. The highest BCUT2D eigenvalue weighted by Crippen LogP contribution is 2.14. The van der Waals surface area contributed by atoms with E-state index in [1.807, 2.05) is 51.1 Å². The van der Waals surface area contributed by atoms with Gasteiger partial charge in [-0.1, -0.05) is 76.6 Å². The summed E-state index contributed by atoms with van der Waals surface area (Å²) in [6.07, 6.45) is 0.878. The maximum atomic E-state index is 13.9. The molecule has 2 aromatic carbocycles. The normalized spacial score (nSPS) is 24.2. The Balaban J connectivity index is 2.02. The van der Waals surface area contributed by atoms with E-state index in [0.29, 0.717) is 12.0 Å². The van der Waals surface area contributed by atoms with Gasteiger partial charge in [0.15, 0.2) is 0 Å². The van der Waals surface area contributed by atoms with Crippen LogP contribution in [0.3, 0.4) is 0 Å². The van der Waals surface area contributed by atoms with Gasteiger partial charge in [-0.3, -0.25) is 28.8 Å². The van der Waals surface area contributed by atoms with E-state index in [9.17, 15) is 33.9 Å². The van der Waals surface area contributed by atoms with Crippen molar-refractivity contribution >= 4 is 35.4 Å². The Hall–Kier alpha value is -4.94. The van der Waals surface area contributed by atoms with Crippen LogP contribution in [0, 0.1) is 11.8 Å². The Bertz CT molecular complexity index is 1430. The van der Waals surface area contributed by atoms with E-state index in [1.165, 1.54) is 19.1 Å². The third kappa shape index (κ3) is 11.4. The number of amides is 6. The predicted molar refractivity (Wildman–Crippen MR) is 179 cm³/mol. The molecular weight excluding hydrogens is 616 g/mol. The summed E-state index contributed by atoms with van der Waals surface area (Å²) in [5.41, 5.74) is 1.38. The minimum Gasteiger partial charge on any atom is -0.508 e. The van der Waals surface area contributed by atoms with Gasteiger partial charge in [0, 0.05) is 12.8 Å². The van der Waals surface area contributed by atoms with Gasteiger partial charge in [0.05, 0.1) is 6.54 Å². The zero-order chi connectivity index (χ0) is 35.4. The third-order valence-corrected chi connectivity index (χ3v) is 8.25. The smallest absolute Gasteiger partial charge is 0.243 e. The molecule has 1 fully saturated rings. The third-order valence-electron chi connectivity index (χ3n) is 8.25. The maximum absolute atomic E-state index is 13.9. The fourth-order valence-corrected chi connectivity index (χ4v) is 5.27. The molecule has 3 rings (SSSR count). The fraction of sp³-hybridized carbons (Fsp3) is 0.486. The molecule has 13 nitrogen and oxygen atoms in total.